The van der Waals surface area contributed by atoms with E-state index in [9.17, 15) is 9.59 Å². The van der Waals surface area contributed by atoms with E-state index in [-0.39, 0.29) is 0 Å². The number of halogens is 2. The number of nitrogens with zero attached hydrogens (tertiary/aromatic N) is 3. The number of aromatic nitrogens is 3. The van der Waals surface area contributed by atoms with E-state index >= 15 is 0 Å². The maximum absolute atomic E-state index is 12.5. The average molecular weight is 336 g/mol. The quantitative estimate of drug-likeness (QED) is 0.686. The first kappa shape index (κ1) is 14.8. The Balaban J connectivity index is 2.52. The first-order chi connectivity index (χ1) is 10.4. The molecule has 112 valence electrons. The molecular weight excluding hydrogens is 325 g/mol. The average Bonchev–Trinajstić information content (AvgIpc) is 2.50. The second kappa shape index (κ2) is 5.26. The van der Waals surface area contributed by atoms with Crippen LogP contribution in [0.25, 0.3) is 22.2 Å². The third kappa shape index (κ3) is 2.14. The van der Waals surface area contributed by atoms with Gasteiger partial charge in [0.15, 0.2) is 0 Å². The van der Waals surface area contributed by atoms with Gasteiger partial charge in [-0.1, -0.05) is 23.2 Å². The molecule has 7 heteroatoms. The Morgan fingerprint density at radius 3 is 2.45 bits per heavy atom. The summed E-state index contributed by atoms with van der Waals surface area (Å²) in [7, 11) is 3.04. The molecule has 0 radical (unpaired) electrons. The molecule has 0 saturated carbocycles. The molecule has 0 spiro atoms. The molecule has 0 fully saturated rings. The largest absolute Gasteiger partial charge is 0.330 e. The van der Waals surface area contributed by atoms with E-state index in [1.165, 1.54) is 11.6 Å². The molecule has 5 nitrogen and oxygen atoms in total. The maximum atomic E-state index is 12.5. The van der Waals surface area contributed by atoms with Crippen LogP contribution < -0.4 is 11.2 Å². The van der Waals surface area contributed by atoms with Crippen molar-refractivity contribution in [2.24, 2.45) is 14.1 Å². The molecule has 3 rings (SSSR count). The fourth-order valence-corrected chi connectivity index (χ4v) is 2.91. The lowest BCUT2D eigenvalue weighted by atomic mass is 10.1. The van der Waals surface area contributed by atoms with Gasteiger partial charge in [-0.2, -0.15) is 0 Å². The molecule has 0 unspecified atom stereocenters. The Morgan fingerprint density at radius 1 is 1.05 bits per heavy atom. The summed E-state index contributed by atoms with van der Waals surface area (Å²) >= 11 is 12.1. The van der Waals surface area contributed by atoms with Gasteiger partial charge in [0.25, 0.3) is 5.56 Å². The van der Waals surface area contributed by atoms with Gasteiger partial charge in [0, 0.05) is 30.9 Å². The predicted octanol–water partition coefficient (Wildman–Crippen LogP) is 2.61. The number of fused-ring (bicyclic) bond motifs is 1. The number of benzene rings is 1. The Morgan fingerprint density at radius 2 is 1.77 bits per heavy atom. The van der Waals surface area contributed by atoms with Crippen LogP contribution in [0.2, 0.25) is 10.0 Å². The summed E-state index contributed by atoms with van der Waals surface area (Å²) < 4.78 is 2.46. The van der Waals surface area contributed by atoms with E-state index in [0.717, 1.165) is 4.57 Å². The fourth-order valence-electron chi connectivity index (χ4n) is 2.41. The van der Waals surface area contributed by atoms with E-state index in [0.29, 0.717) is 32.2 Å². The van der Waals surface area contributed by atoms with Crippen LogP contribution >= 0.6 is 23.2 Å². The number of pyridine rings is 1. The summed E-state index contributed by atoms with van der Waals surface area (Å²) in [5.74, 6) is 0. The Bertz CT molecular complexity index is 1020. The molecule has 22 heavy (non-hydrogen) atoms. The first-order valence-electron chi connectivity index (χ1n) is 6.42. The van der Waals surface area contributed by atoms with Crippen LogP contribution in [0.4, 0.5) is 0 Å². The van der Waals surface area contributed by atoms with Gasteiger partial charge in [0.1, 0.15) is 0 Å². The second-order valence-corrected chi connectivity index (χ2v) is 5.73. The fraction of sp³-hybridized carbons (Fsp3) is 0.133. The molecule has 0 bridgehead atoms. The molecule has 1 aromatic carbocycles. The minimum Gasteiger partial charge on any atom is -0.296 e. The lowest BCUT2D eigenvalue weighted by Crippen LogP contribution is -2.37. The second-order valence-electron chi connectivity index (χ2n) is 4.88. The zero-order chi connectivity index (χ0) is 16.0. The standard InChI is InChI=1S/C15H11Cl2N3O2/c1-19-11-5-6-18-13(9-4-3-8(16)7-10(9)17)12(11)14(21)20(2)15(19)22/h3-7H,1-2H3. The van der Waals surface area contributed by atoms with Crippen molar-refractivity contribution in [1.82, 2.24) is 14.1 Å². The van der Waals surface area contributed by atoms with Crippen molar-refractivity contribution in [3.63, 3.8) is 0 Å². The summed E-state index contributed by atoms with van der Waals surface area (Å²) in [6, 6.07) is 6.60. The molecule has 0 aliphatic rings. The lowest BCUT2D eigenvalue weighted by Gasteiger charge is -2.11. The Hall–Kier alpha value is -2.11. The van der Waals surface area contributed by atoms with Crippen molar-refractivity contribution < 1.29 is 0 Å². The van der Waals surface area contributed by atoms with E-state index in [4.69, 9.17) is 23.2 Å². The molecule has 2 aromatic heterocycles. The number of rotatable bonds is 1. The summed E-state index contributed by atoms with van der Waals surface area (Å²) in [5, 5.41) is 1.23. The molecule has 0 atom stereocenters. The summed E-state index contributed by atoms with van der Waals surface area (Å²) in [6.45, 7) is 0. The van der Waals surface area contributed by atoms with Gasteiger partial charge in [0.05, 0.1) is 21.6 Å². The highest BCUT2D eigenvalue weighted by Crippen LogP contribution is 2.31. The van der Waals surface area contributed by atoms with E-state index in [1.54, 1.807) is 37.5 Å². The summed E-state index contributed by atoms with van der Waals surface area (Å²) in [6.07, 6.45) is 1.54. The van der Waals surface area contributed by atoms with Crippen molar-refractivity contribution in [3.05, 3.63) is 61.3 Å². The third-order valence-electron chi connectivity index (χ3n) is 3.57. The van der Waals surface area contributed by atoms with Crippen molar-refractivity contribution >= 4 is 34.1 Å². The van der Waals surface area contributed by atoms with Crippen LogP contribution in [-0.4, -0.2) is 14.1 Å². The summed E-state index contributed by atoms with van der Waals surface area (Å²) in [5.41, 5.74) is 0.718. The smallest absolute Gasteiger partial charge is 0.296 e. The van der Waals surface area contributed by atoms with Gasteiger partial charge >= 0.3 is 5.69 Å². The van der Waals surface area contributed by atoms with Gasteiger partial charge < -0.3 is 0 Å². The minimum atomic E-state index is -0.410. The van der Waals surface area contributed by atoms with E-state index in [2.05, 4.69) is 4.98 Å². The number of hydrogen-bond acceptors (Lipinski definition) is 3. The lowest BCUT2D eigenvalue weighted by molar-refractivity contribution is 0.713. The molecule has 0 saturated heterocycles. The van der Waals surface area contributed by atoms with Gasteiger partial charge in [-0.3, -0.25) is 18.9 Å². The topological polar surface area (TPSA) is 56.9 Å². The van der Waals surface area contributed by atoms with Crippen LogP contribution in [0.5, 0.6) is 0 Å². The number of aryl methyl sites for hydroxylation is 1. The molecule has 0 aliphatic heterocycles. The van der Waals surface area contributed by atoms with Crippen LogP contribution in [0.15, 0.2) is 40.1 Å². The molecule has 3 aromatic rings. The monoisotopic (exact) mass is 335 g/mol. The zero-order valence-electron chi connectivity index (χ0n) is 11.8. The molecule has 0 amide bonds. The predicted molar refractivity (Wildman–Crippen MR) is 87.7 cm³/mol. The van der Waals surface area contributed by atoms with Crippen LogP contribution in [-0.2, 0) is 14.1 Å². The first-order valence-corrected chi connectivity index (χ1v) is 7.17. The van der Waals surface area contributed by atoms with Crippen molar-refractivity contribution in [1.29, 1.82) is 0 Å². The zero-order valence-corrected chi connectivity index (χ0v) is 13.3. The van der Waals surface area contributed by atoms with Gasteiger partial charge in [-0.25, -0.2) is 4.79 Å². The maximum Gasteiger partial charge on any atom is 0.330 e. The Labute approximate surface area is 135 Å². The van der Waals surface area contributed by atoms with Gasteiger partial charge in [0.2, 0.25) is 0 Å². The molecular formula is C15H11Cl2N3O2. The highest BCUT2D eigenvalue weighted by Gasteiger charge is 2.16. The molecule has 2 heterocycles. The van der Waals surface area contributed by atoms with Gasteiger partial charge in [-0.15, -0.1) is 0 Å². The highest BCUT2D eigenvalue weighted by atomic mass is 35.5. The normalized spacial score (nSPS) is 11.1. The Kier molecular flexibility index (Phi) is 3.54. The third-order valence-corrected chi connectivity index (χ3v) is 4.12. The molecule has 0 aliphatic carbocycles. The highest BCUT2D eigenvalue weighted by molar-refractivity contribution is 6.36. The van der Waals surface area contributed by atoms with Crippen LogP contribution in [0.1, 0.15) is 0 Å². The van der Waals surface area contributed by atoms with Crippen LogP contribution in [0, 0.1) is 0 Å². The van der Waals surface area contributed by atoms with Crippen molar-refractivity contribution in [2.45, 2.75) is 0 Å². The number of hydrogen-bond donors (Lipinski definition) is 0. The SMILES string of the molecule is Cn1c(=O)c2c(-c3ccc(Cl)cc3Cl)nccc2n(C)c1=O. The van der Waals surface area contributed by atoms with Gasteiger partial charge in [-0.05, 0) is 24.3 Å². The van der Waals surface area contributed by atoms with Crippen LogP contribution in [0.3, 0.4) is 0 Å². The summed E-state index contributed by atoms with van der Waals surface area (Å²) in [4.78, 5) is 28.8. The van der Waals surface area contributed by atoms with E-state index in [1.807, 2.05) is 0 Å². The van der Waals surface area contributed by atoms with E-state index < -0.39 is 11.2 Å². The van der Waals surface area contributed by atoms with Crippen molar-refractivity contribution in [3.8, 4) is 11.3 Å². The van der Waals surface area contributed by atoms with Crippen molar-refractivity contribution in [2.75, 3.05) is 0 Å². The molecule has 0 N–H and O–H groups in total. The minimum absolute atomic E-state index is 0.344.